The van der Waals surface area contributed by atoms with E-state index in [0.29, 0.717) is 18.0 Å². The van der Waals surface area contributed by atoms with Crippen molar-refractivity contribution >= 4 is 11.9 Å². The van der Waals surface area contributed by atoms with Crippen molar-refractivity contribution in [2.45, 2.75) is 26.3 Å². The molecular weight excluding hydrogens is 306 g/mol. The predicted molar refractivity (Wildman–Crippen MR) is 90.2 cm³/mol. The van der Waals surface area contributed by atoms with Gasteiger partial charge < -0.3 is 15.0 Å². The summed E-state index contributed by atoms with van der Waals surface area (Å²) >= 11 is 0. The normalized spacial score (nSPS) is 13.8. The molecule has 1 amide bonds. The third kappa shape index (κ3) is 3.79. The maximum Gasteiger partial charge on any atom is 0.251 e. The maximum absolute atomic E-state index is 12.3. The van der Waals surface area contributed by atoms with Crippen LogP contribution in [0.25, 0.3) is 0 Å². The van der Waals surface area contributed by atoms with E-state index in [0.717, 1.165) is 30.4 Å². The number of rotatable bonds is 5. The zero-order chi connectivity index (χ0) is 16.9. The molecule has 1 N–H and O–H groups in total. The number of carbonyl (C=O) groups excluding carboxylic acids is 1. The molecular formula is C17H21N5O2. The van der Waals surface area contributed by atoms with E-state index in [-0.39, 0.29) is 5.91 Å². The Hall–Kier alpha value is -2.70. The molecule has 0 aliphatic carbocycles. The Morgan fingerprint density at radius 2 is 2.08 bits per heavy atom. The van der Waals surface area contributed by atoms with E-state index >= 15 is 0 Å². The smallest absolute Gasteiger partial charge is 0.251 e. The van der Waals surface area contributed by atoms with Crippen LogP contribution in [0.2, 0.25) is 0 Å². The van der Waals surface area contributed by atoms with Gasteiger partial charge >= 0.3 is 0 Å². The minimum atomic E-state index is -0.185. The first-order valence-corrected chi connectivity index (χ1v) is 8.03. The number of nitrogens with one attached hydrogen (secondary N) is 1. The summed E-state index contributed by atoms with van der Waals surface area (Å²) in [5.74, 6) is 0.980. The second-order valence-corrected chi connectivity index (χ2v) is 5.76. The first kappa shape index (κ1) is 16.2. The van der Waals surface area contributed by atoms with Gasteiger partial charge in [0.1, 0.15) is 0 Å². The number of aromatic nitrogens is 3. The molecule has 126 valence electrons. The molecule has 0 unspecified atom stereocenters. The standard InChI is InChI=1S/C17H21N5O2/c1-12-9-14(21-17(20-12)22-7-3-4-8-22)11-19-16(23)13-5-6-18-15(10-13)24-2/h5-6,9-10H,3-4,7-8,11H2,1-2H3,(H,19,23). The molecule has 7 heteroatoms. The molecule has 1 saturated heterocycles. The molecule has 0 atom stereocenters. The van der Waals surface area contributed by atoms with E-state index in [1.165, 1.54) is 20.0 Å². The van der Waals surface area contributed by atoms with Crippen LogP contribution in [0, 0.1) is 6.92 Å². The highest BCUT2D eigenvalue weighted by Crippen LogP contribution is 2.16. The maximum atomic E-state index is 12.3. The lowest BCUT2D eigenvalue weighted by Crippen LogP contribution is -2.25. The van der Waals surface area contributed by atoms with Crippen molar-refractivity contribution in [3.8, 4) is 5.88 Å². The molecule has 3 rings (SSSR count). The number of ether oxygens (including phenoxy) is 1. The minimum Gasteiger partial charge on any atom is -0.481 e. The Balaban J connectivity index is 1.68. The Morgan fingerprint density at radius 3 is 2.83 bits per heavy atom. The Kier molecular flexibility index (Phi) is 4.88. The van der Waals surface area contributed by atoms with E-state index in [9.17, 15) is 4.79 Å². The predicted octanol–water partition coefficient (Wildman–Crippen LogP) is 1.72. The molecule has 0 radical (unpaired) electrons. The third-order valence-electron chi connectivity index (χ3n) is 3.92. The summed E-state index contributed by atoms with van der Waals surface area (Å²) in [7, 11) is 1.52. The van der Waals surface area contributed by atoms with Gasteiger partial charge in [-0.15, -0.1) is 0 Å². The topological polar surface area (TPSA) is 80.2 Å². The number of hydrogen-bond acceptors (Lipinski definition) is 6. The zero-order valence-corrected chi connectivity index (χ0v) is 14.0. The van der Waals surface area contributed by atoms with Crippen molar-refractivity contribution in [2.75, 3.05) is 25.1 Å². The largest absolute Gasteiger partial charge is 0.481 e. The van der Waals surface area contributed by atoms with Crippen molar-refractivity contribution in [1.29, 1.82) is 0 Å². The van der Waals surface area contributed by atoms with Gasteiger partial charge in [-0.25, -0.2) is 15.0 Å². The van der Waals surface area contributed by atoms with Gasteiger partial charge in [-0.3, -0.25) is 4.79 Å². The number of anilines is 1. The first-order valence-electron chi connectivity index (χ1n) is 8.03. The van der Waals surface area contributed by atoms with Crippen LogP contribution < -0.4 is 15.0 Å². The number of methoxy groups -OCH3 is 1. The highest BCUT2D eigenvalue weighted by Gasteiger charge is 2.16. The molecule has 1 fully saturated rings. The van der Waals surface area contributed by atoms with Crippen molar-refractivity contribution in [3.63, 3.8) is 0 Å². The Labute approximate surface area is 141 Å². The van der Waals surface area contributed by atoms with Crippen LogP contribution in [-0.4, -0.2) is 41.1 Å². The van der Waals surface area contributed by atoms with Crippen LogP contribution in [0.15, 0.2) is 24.4 Å². The van der Waals surface area contributed by atoms with E-state index in [2.05, 4.69) is 25.2 Å². The molecule has 1 aliphatic heterocycles. The monoisotopic (exact) mass is 327 g/mol. The summed E-state index contributed by atoms with van der Waals surface area (Å²) in [4.78, 5) is 27.5. The lowest BCUT2D eigenvalue weighted by atomic mass is 10.2. The number of aryl methyl sites for hydroxylation is 1. The van der Waals surface area contributed by atoms with Gasteiger partial charge in [0.2, 0.25) is 11.8 Å². The summed E-state index contributed by atoms with van der Waals surface area (Å²) < 4.78 is 5.04. The quantitative estimate of drug-likeness (QED) is 0.901. The van der Waals surface area contributed by atoms with E-state index in [1.807, 2.05) is 13.0 Å². The number of pyridine rings is 1. The molecule has 1 aliphatic rings. The van der Waals surface area contributed by atoms with Crippen LogP contribution in [0.3, 0.4) is 0 Å². The van der Waals surface area contributed by atoms with Crippen LogP contribution in [-0.2, 0) is 6.54 Å². The number of carbonyl (C=O) groups is 1. The Morgan fingerprint density at radius 1 is 1.29 bits per heavy atom. The number of amides is 1. The summed E-state index contributed by atoms with van der Waals surface area (Å²) in [6.45, 7) is 4.28. The van der Waals surface area contributed by atoms with E-state index < -0.39 is 0 Å². The van der Waals surface area contributed by atoms with E-state index in [1.54, 1.807) is 18.3 Å². The number of nitrogens with zero attached hydrogens (tertiary/aromatic N) is 4. The van der Waals surface area contributed by atoms with Gasteiger partial charge in [0.05, 0.1) is 19.3 Å². The molecule has 0 aromatic carbocycles. The van der Waals surface area contributed by atoms with Gasteiger partial charge in [0.25, 0.3) is 5.91 Å². The second-order valence-electron chi connectivity index (χ2n) is 5.76. The second kappa shape index (κ2) is 7.25. The lowest BCUT2D eigenvalue weighted by molar-refractivity contribution is 0.0950. The summed E-state index contributed by atoms with van der Waals surface area (Å²) in [6.07, 6.45) is 3.90. The molecule has 0 bridgehead atoms. The average Bonchev–Trinajstić information content (AvgIpc) is 3.14. The lowest BCUT2D eigenvalue weighted by Gasteiger charge is -2.16. The van der Waals surface area contributed by atoms with Crippen LogP contribution in [0.4, 0.5) is 5.95 Å². The van der Waals surface area contributed by atoms with Crippen LogP contribution in [0.5, 0.6) is 5.88 Å². The zero-order valence-electron chi connectivity index (χ0n) is 14.0. The third-order valence-corrected chi connectivity index (χ3v) is 3.92. The van der Waals surface area contributed by atoms with Gasteiger partial charge in [-0.1, -0.05) is 0 Å². The van der Waals surface area contributed by atoms with E-state index in [4.69, 9.17) is 4.74 Å². The summed E-state index contributed by atoms with van der Waals surface area (Å²) in [5.41, 5.74) is 2.22. The Bertz CT molecular complexity index is 729. The molecule has 2 aromatic heterocycles. The van der Waals surface area contributed by atoms with Crippen LogP contribution in [0.1, 0.15) is 34.6 Å². The first-order chi connectivity index (χ1) is 11.7. The molecule has 24 heavy (non-hydrogen) atoms. The fraction of sp³-hybridized carbons (Fsp3) is 0.412. The summed E-state index contributed by atoms with van der Waals surface area (Å²) in [5, 5.41) is 2.88. The van der Waals surface area contributed by atoms with Crippen LogP contribution >= 0.6 is 0 Å². The number of hydrogen-bond donors (Lipinski definition) is 1. The SMILES string of the molecule is COc1cc(C(=O)NCc2cc(C)nc(N3CCCC3)n2)ccn1. The molecule has 3 heterocycles. The fourth-order valence-electron chi connectivity index (χ4n) is 2.70. The van der Waals surface area contributed by atoms with Gasteiger partial charge in [-0.2, -0.15) is 0 Å². The average molecular weight is 327 g/mol. The summed E-state index contributed by atoms with van der Waals surface area (Å²) in [6, 6.07) is 5.15. The molecule has 2 aromatic rings. The fourth-order valence-corrected chi connectivity index (χ4v) is 2.70. The highest BCUT2D eigenvalue weighted by atomic mass is 16.5. The molecule has 7 nitrogen and oxygen atoms in total. The molecule has 0 spiro atoms. The van der Waals surface area contributed by atoms with Crippen molar-refractivity contribution in [1.82, 2.24) is 20.3 Å². The van der Waals surface area contributed by atoms with Gasteiger partial charge in [0.15, 0.2) is 0 Å². The van der Waals surface area contributed by atoms with Gasteiger partial charge in [0, 0.05) is 36.6 Å². The van der Waals surface area contributed by atoms with Crippen molar-refractivity contribution < 1.29 is 9.53 Å². The molecule has 0 saturated carbocycles. The van der Waals surface area contributed by atoms with Crippen molar-refractivity contribution in [2.24, 2.45) is 0 Å². The van der Waals surface area contributed by atoms with Crippen molar-refractivity contribution in [3.05, 3.63) is 41.3 Å². The minimum absolute atomic E-state index is 0.185. The van der Waals surface area contributed by atoms with Gasteiger partial charge in [-0.05, 0) is 31.9 Å². The highest BCUT2D eigenvalue weighted by molar-refractivity contribution is 5.94.